The second-order valence-corrected chi connectivity index (χ2v) is 5.86. The van der Waals surface area contributed by atoms with Gasteiger partial charge < -0.3 is 0 Å². The summed E-state index contributed by atoms with van der Waals surface area (Å²) in [5.41, 5.74) is 4.18. The summed E-state index contributed by atoms with van der Waals surface area (Å²) in [7, 11) is 0. The summed E-state index contributed by atoms with van der Waals surface area (Å²) in [5, 5.41) is 3.78. The zero-order valence-corrected chi connectivity index (χ0v) is 10.9. The lowest BCUT2D eigenvalue weighted by atomic mass is 10.2. The molecule has 0 saturated carbocycles. The van der Waals surface area contributed by atoms with Crippen LogP contribution in [0.3, 0.4) is 0 Å². The van der Waals surface area contributed by atoms with Gasteiger partial charge in [-0.25, -0.2) is 10.4 Å². The smallest absolute Gasteiger partial charge is 0.236 e. The van der Waals surface area contributed by atoms with Gasteiger partial charge in [0.15, 0.2) is 0 Å². The van der Waals surface area contributed by atoms with Crippen molar-refractivity contribution in [1.29, 1.82) is 0 Å². The molecule has 88 valence electrons. The number of hydrogen-bond acceptors (Lipinski definition) is 5. The Morgan fingerprint density at radius 3 is 3.25 bits per heavy atom. The van der Waals surface area contributed by atoms with E-state index in [1.165, 1.54) is 0 Å². The van der Waals surface area contributed by atoms with E-state index >= 15 is 0 Å². The monoisotopic (exact) mass is 257 g/mol. The average Bonchev–Trinajstić information content (AvgIpc) is 2.67. The summed E-state index contributed by atoms with van der Waals surface area (Å²) in [6.07, 6.45) is 1.63. The number of nitrogens with one attached hydrogen (secondary N) is 1. The lowest BCUT2D eigenvalue weighted by Gasteiger charge is -2.27. The number of nitrogens with zero attached hydrogens (tertiary/aromatic N) is 2. The largest absolute Gasteiger partial charge is 0.277 e. The third kappa shape index (κ3) is 3.20. The fourth-order valence-corrected chi connectivity index (χ4v) is 3.35. The van der Waals surface area contributed by atoms with Gasteiger partial charge >= 0.3 is 0 Å². The van der Waals surface area contributed by atoms with Crippen LogP contribution in [-0.2, 0) is 4.79 Å². The molecule has 0 atom stereocenters. The minimum atomic E-state index is 0.210. The molecule has 1 fully saturated rings. The molecule has 4 nitrogen and oxygen atoms in total. The molecule has 1 amide bonds. The van der Waals surface area contributed by atoms with Crippen LogP contribution in [0.2, 0.25) is 0 Å². The Labute approximate surface area is 103 Å². The van der Waals surface area contributed by atoms with E-state index in [1.807, 2.05) is 12.3 Å². The number of aryl methyl sites for hydroxylation is 1. The van der Waals surface area contributed by atoms with Crippen LogP contribution in [-0.4, -0.2) is 34.7 Å². The predicted octanol–water partition coefficient (Wildman–Crippen LogP) is 1.67. The van der Waals surface area contributed by atoms with Crippen LogP contribution in [0.1, 0.15) is 18.5 Å². The molecular weight excluding hydrogens is 242 g/mol. The van der Waals surface area contributed by atoms with Gasteiger partial charge in [0.05, 0.1) is 0 Å². The van der Waals surface area contributed by atoms with E-state index in [4.69, 9.17) is 0 Å². The van der Waals surface area contributed by atoms with E-state index in [0.29, 0.717) is 6.42 Å². The Bertz CT molecular complexity index is 367. The maximum absolute atomic E-state index is 11.5. The summed E-state index contributed by atoms with van der Waals surface area (Å²) < 4.78 is 1.09. The highest BCUT2D eigenvalue weighted by Crippen LogP contribution is 2.22. The van der Waals surface area contributed by atoms with Gasteiger partial charge in [-0.15, -0.1) is 11.3 Å². The molecule has 1 N–H and O–H groups in total. The van der Waals surface area contributed by atoms with E-state index in [0.717, 1.165) is 35.3 Å². The summed E-state index contributed by atoms with van der Waals surface area (Å²) in [6.45, 7) is 3.66. The average molecular weight is 257 g/mol. The number of hydrogen-bond donors (Lipinski definition) is 1. The lowest BCUT2D eigenvalue weighted by molar-refractivity contribution is -0.136. The Balaban J connectivity index is 1.73. The van der Waals surface area contributed by atoms with Gasteiger partial charge in [0, 0.05) is 36.3 Å². The molecule has 1 saturated heterocycles. The number of carbonyl (C=O) groups excluding carboxylic acids is 1. The molecule has 1 aromatic heterocycles. The van der Waals surface area contributed by atoms with E-state index in [2.05, 4.69) is 10.4 Å². The van der Waals surface area contributed by atoms with Crippen molar-refractivity contribution in [3.05, 3.63) is 11.1 Å². The van der Waals surface area contributed by atoms with Crippen molar-refractivity contribution in [1.82, 2.24) is 15.4 Å². The number of carbonyl (C=O) groups is 1. The zero-order chi connectivity index (χ0) is 11.4. The third-order valence-corrected chi connectivity index (χ3v) is 4.43. The first kappa shape index (κ1) is 11.9. The molecule has 1 aliphatic rings. The Hall–Kier alpha value is -0.590. The van der Waals surface area contributed by atoms with Crippen LogP contribution in [0.4, 0.5) is 0 Å². The first-order valence-electron chi connectivity index (χ1n) is 5.34. The topological polar surface area (TPSA) is 45.2 Å². The van der Waals surface area contributed by atoms with Crippen LogP contribution < -0.4 is 5.43 Å². The molecule has 2 heterocycles. The van der Waals surface area contributed by atoms with Crippen molar-refractivity contribution < 1.29 is 4.79 Å². The second kappa shape index (κ2) is 5.65. The quantitative estimate of drug-likeness (QED) is 0.833. The van der Waals surface area contributed by atoms with Crippen molar-refractivity contribution >= 4 is 29.0 Å². The van der Waals surface area contributed by atoms with E-state index in [9.17, 15) is 4.79 Å². The molecule has 6 heteroatoms. The third-order valence-electron chi connectivity index (χ3n) is 2.31. The molecular formula is C10H15N3OS2. The molecule has 16 heavy (non-hydrogen) atoms. The summed E-state index contributed by atoms with van der Waals surface area (Å²) >= 11 is 3.38. The number of hydrazine groups is 1. The number of rotatable bonds is 4. The van der Waals surface area contributed by atoms with E-state index < -0.39 is 0 Å². The highest BCUT2D eigenvalue weighted by Gasteiger charge is 2.16. The van der Waals surface area contributed by atoms with E-state index in [1.54, 1.807) is 28.1 Å². The summed E-state index contributed by atoms with van der Waals surface area (Å²) in [4.78, 5) is 15.9. The summed E-state index contributed by atoms with van der Waals surface area (Å²) in [6, 6.07) is 0. The normalized spacial score (nSPS) is 16.8. The maximum Gasteiger partial charge on any atom is 0.236 e. The number of thioether (sulfide) groups is 1. The predicted molar refractivity (Wildman–Crippen MR) is 66.5 cm³/mol. The highest BCUT2D eigenvalue weighted by molar-refractivity contribution is 8.01. The van der Waals surface area contributed by atoms with Crippen molar-refractivity contribution in [2.45, 2.75) is 24.1 Å². The van der Waals surface area contributed by atoms with Crippen LogP contribution in [0.25, 0.3) is 0 Å². The molecule has 1 aromatic rings. The molecule has 2 rings (SSSR count). The standard InChI is InChI=1S/C10H15N3OS2/c1-8-7-16-10(12-8)15-6-5-13-9(14)3-2-4-11-13/h7,11H,2-6H2,1H3. The van der Waals surface area contributed by atoms with Crippen LogP contribution in [0.15, 0.2) is 9.72 Å². The molecule has 0 aromatic carbocycles. The van der Waals surface area contributed by atoms with Crippen molar-refractivity contribution in [2.24, 2.45) is 0 Å². The molecule has 0 radical (unpaired) electrons. The molecule has 0 unspecified atom stereocenters. The Kier molecular flexibility index (Phi) is 4.20. The highest BCUT2D eigenvalue weighted by atomic mass is 32.2. The molecule has 0 aliphatic carbocycles. The Morgan fingerprint density at radius 2 is 2.56 bits per heavy atom. The SMILES string of the molecule is Cc1csc(SCCN2NCCCC2=O)n1. The van der Waals surface area contributed by atoms with Gasteiger partial charge in [-0.05, 0) is 13.3 Å². The van der Waals surface area contributed by atoms with Gasteiger partial charge in [0.25, 0.3) is 0 Å². The van der Waals surface area contributed by atoms with Crippen LogP contribution in [0.5, 0.6) is 0 Å². The zero-order valence-electron chi connectivity index (χ0n) is 9.23. The lowest BCUT2D eigenvalue weighted by Crippen LogP contribution is -2.48. The molecule has 1 aliphatic heterocycles. The molecule has 0 spiro atoms. The van der Waals surface area contributed by atoms with Gasteiger partial charge in [0.2, 0.25) is 5.91 Å². The minimum Gasteiger partial charge on any atom is -0.277 e. The van der Waals surface area contributed by atoms with Crippen molar-refractivity contribution in [3.63, 3.8) is 0 Å². The number of thiazole rings is 1. The second-order valence-electron chi connectivity index (χ2n) is 3.66. The molecule has 0 bridgehead atoms. The van der Waals surface area contributed by atoms with Crippen LogP contribution >= 0.6 is 23.1 Å². The fourth-order valence-electron chi connectivity index (χ4n) is 1.50. The Morgan fingerprint density at radius 1 is 1.69 bits per heavy atom. The first-order valence-corrected chi connectivity index (χ1v) is 7.21. The number of aromatic nitrogens is 1. The van der Waals surface area contributed by atoms with Crippen molar-refractivity contribution in [3.8, 4) is 0 Å². The van der Waals surface area contributed by atoms with Gasteiger partial charge in [-0.1, -0.05) is 11.8 Å². The first-order chi connectivity index (χ1) is 7.75. The van der Waals surface area contributed by atoms with Gasteiger partial charge in [0.1, 0.15) is 4.34 Å². The minimum absolute atomic E-state index is 0.210. The van der Waals surface area contributed by atoms with Gasteiger partial charge in [-0.2, -0.15) is 0 Å². The maximum atomic E-state index is 11.5. The van der Waals surface area contributed by atoms with Crippen LogP contribution in [0, 0.1) is 6.92 Å². The van der Waals surface area contributed by atoms with Gasteiger partial charge in [-0.3, -0.25) is 9.80 Å². The number of amides is 1. The fraction of sp³-hybridized carbons (Fsp3) is 0.600. The summed E-state index contributed by atoms with van der Waals surface area (Å²) in [5.74, 6) is 1.10. The van der Waals surface area contributed by atoms with E-state index in [-0.39, 0.29) is 5.91 Å². The van der Waals surface area contributed by atoms with Crippen molar-refractivity contribution in [2.75, 3.05) is 18.8 Å².